The number of ether oxygens (including phenoxy) is 1. The van der Waals surface area contributed by atoms with E-state index in [0.717, 1.165) is 17.3 Å². The average Bonchev–Trinajstić information content (AvgIpc) is 2.30. The van der Waals surface area contributed by atoms with Crippen molar-refractivity contribution in [3.05, 3.63) is 34.3 Å². The van der Waals surface area contributed by atoms with Crippen LogP contribution >= 0.6 is 15.9 Å². The first-order chi connectivity index (χ1) is 7.67. The monoisotopic (exact) mass is 286 g/mol. The fraction of sp³-hybridized carbons (Fsp3) is 0.500. The SMILES string of the molecule is COC(C)CC(Cc1ccccc1Br)NN. The highest BCUT2D eigenvalue weighted by molar-refractivity contribution is 9.10. The smallest absolute Gasteiger partial charge is 0.0558 e. The summed E-state index contributed by atoms with van der Waals surface area (Å²) >= 11 is 3.54. The first-order valence-corrected chi connectivity index (χ1v) is 6.19. The quantitative estimate of drug-likeness (QED) is 0.623. The van der Waals surface area contributed by atoms with Crippen molar-refractivity contribution in [1.29, 1.82) is 0 Å². The normalized spacial score (nSPS) is 14.8. The maximum atomic E-state index is 5.55. The molecule has 1 aromatic carbocycles. The first kappa shape index (κ1) is 13.6. The topological polar surface area (TPSA) is 47.3 Å². The summed E-state index contributed by atoms with van der Waals surface area (Å²) in [6.07, 6.45) is 2.00. The van der Waals surface area contributed by atoms with Crippen LogP contribution in [0.2, 0.25) is 0 Å². The summed E-state index contributed by atoms with van der Waals surface area (Å²) in [5, 5.41) is 0. The Morgan fingerprint density at radius 3 is 2.69 bits per heavy atom. The highest BCUT2D eigenvalue weighted by atomic mass is 79.9. The molecule has 0 amide bonds. The second kappa shape index (κ2) is 7.01. The van der Waals surface area contributed by atoms with Crippen molar-refractivity contribution >= 4 is 15.9 Å². The van der Waals surface area contributed by atoms with Crippen LogP contribution in [0, 0.1) is 0 Å². The predicted octanol–water partition coefficient (Wildman–Crippen LogP) is 2.25. The molecule has 1 aromatic rings. The van der Waals surface area contributed by atoms with E-state index >= 15 is 0 Å². The Morgan fingerprint density at radius 2 is 2.12 bits per heavy atom. The lowest BCUT2D eigenvalue weighted by Gasteiger charge is -2.20. The number of nitrogens with two attached hydrogens (primary N) is 1. The van der Waals surface area contributed by atoms with E-state index < -0.39 is 0 Å². The average molecular weight is 287 g/mol. The standard InChI is InChI=1S/C12H19BrN2O/c1-9(16-2)7-11(15-14)8-10-5-3-4-6-12(10)13/h3-6,9,11,15H,7-8,14H2,1-2H3. The lowest BCUT2D eigenvalue weighted by Crippen LogP contribution is -2.39. The Labute approximate surface area is 105 Å². The number of halogens is 1. The van der Waals surface area contributed by atoms with Gasteiger partial charge in [-0.25, -0.2) is 0 Å². The minimum absolute atomic E-state index is 0.212. The third-order valence-electron chi connectivity index (χ3n) is 2.68. The third kappa shape index (κ3) is 4.22. The Hall–Kier alpha value is -0.420. The van der Waals surface area contributed by atoms with Crippen LogP contribution in [0.3, 0.4) is 0 Å². The molecule has 4 heteroatoms. The van der Waals surface area contributed by atoms with Gasteiger partial charge in [0.15, 0.2) is 0 Å². The van der Waals surface area contributed by atoms with E-state index in [1.807, 2.05) is 25.1 Å². The van der Waals surface area contributed by atoms with Crippen molar-refractivity contribution < 1.29 is 4.74 Å². The van der Waals surface area contributed by atoms with Gasteiger partial charge in [0.05, 0.1) is 6.10 Å². The number of methoxy groups -OCH3 is 1. The molecule has 0 fully saturated rings. The summed E-state index contributed by atoms with van der Waals surface area (Å²) in [7, 11) is 1.72. The lowest BCUT2D eigenvalue weighted by molar-refractivity contribution is 0.100. The van der Waals surface area contributed by atoms with Crippen LogP contribution < -0.4 is 11.3 Å². The van der Waals surface area contributed by atoms with E-state index in [2.05, 4.69) is 27.4 Å². The van der Waals surface area contributed by atoms with Crippen LogP contribution in [-0.4, -0.2) is 19.3 Å². The summed E-state index contributed by atoms with van der Waals surface area (Å²) in [4.78, 5) is 0. The number of rotatable bonds is 6. The van der Waals surface area contributed by atoms with Crippen molar-refractivity contribution in [2.75, 3.05) is 7.11 Å². The van der Waals surface area contributed by atoms with Crippen molar-refractivity contribution in [2.45, 2.75) is 31.9 Å². The molecule has 2 atom stereocenters. The summed E-state index contributed by atoms with van der Waals surface area (Å²) in [5.74, 6) is 5.55. The van der Waals surface area contributed by atoms with Gasteiger partial charge < -0.3 is 4.74 Å². The van der Waals surface area contributed by atoms with Crippen molar-refractivity contribution in [1.82, 2.24) is 5.43 Å². The highest BCUT2D eigenvalue weighted by Crippen LogP contribution is 2.18. The summed E-state index contributed by atoms with van der Waals surface area (Å²) < 4.78 is 6.37. The summed E-state index contributed by atoms with van der Waals surface area (Å²) in [6.45, 7) is 2.05. The Morgan fingerprint density at radius 1 is 1.44 bits per heavy atom. The molecule has 0 spiro atoms. The second-order valence-electron chi connectivity index (χ2n) is 3.94. The van der Waals surface area contributed by atoms with Crippen LogP contribution in [-0.2, 0) is 11.2 Å². The zero-order chi connectivity index (χ0) is 12.0. The van der Waals surface area contributed by atoms with Gasteiger partial charge in [-0.3, -0.25) is 11.3 Å². The van der Waals surface area contributed by atoms with Gasteiger partial charge in [0.2, 0.25) is 0 Å². The first-order valence-electron chi connectivity index (χ1n) is 5.39. The molecule has 0 bridgehead atoms. The molecule has 0 aliphatic rings. The number of nitrogens with one attached hydrogen (secondary N) is 1. The number of hydrazine groups is 1. The largest absolute Gasteiger partial charge is 0.382 e. The van der Waals surface area contributed by atoms with Gasteiger partial charge in [0, 0.05) is 17.6 Å². The summed E-state index contributed by atoms with van der Waals surface area (Å²) in [5.41, 5.74) is 4.10. The van der Waals surface area contributed by atoms with Gasteiger partial charge in [-0.15, -0.1) is 0 Å². The zero-order valence-corrected chi connectivity index (χ0v) is 11.3. The van der Waals surface area contributed by atoms with Gasteiger partial charge in [-0.1, -0.05) is 34.1 Å². The predicted molar refractivity (Wildman–Crippen MR) is 70.0 cm³/mol. The fourth-order valence-corrected chi connectivity index (χ4v) is 2.08. The molecule has 0 aliphatic carbocycles. The minimum Gasteiger partial charge on any atom is -0.382 e. The van der Waals surface area contributed by atoms with Gasteiger partial charge in [0.25, 0.3) is 0 Å². The lowest BCUT2D eigenvalue weighted by atomic mass is 10.0. The van der Waals surface area contributed by atoms with Crippen LogP contribution in [0.5, 0.6) is 0 Å². The molecule has 1 rings (SSSR count). The molecule has 2 unspecified atom stereocenters. The highest BCUT2D eigenvalue weighted by Gasteiger charge is 2.13. The molecule has 3 N–H and O–H groups in total. The molecule has 0 saturated heterocycles. The van der Waals surface area contributed by atoms with Crippen LogP contribution in [0.4, 0.5) is 0 Å². The Balaban J connectivity index is 2.60. The van der Waals surface area contributed by atoms with E-state index in [9.17, 15) is 0 Å². The van der Waals surface area contributed by atoms with Crippen molar-refractivity contribution in [2.24, 2.45) is 5.84 Å². The van der Waals surface area contributed by atoms with Crippen LogP contribution in [0.25, 0.3) is 0 Å². The molecule has 0 saturated carbocycles. The second-order valence-corrected chi connectivity index (χ2v) is 4.80. The van der Waals surface area contributed by atoms with Crippen LogP contribution in [0.1, 0.15) is 18.9 Å². The van der Waals surface area contributed by atoms with Crippen molar-refractivity contribution in [3.63, 3.8) is 0 Å². The van der Waals surface area contributed by atoms with E-state index in [1.165, 1.54) is 5.56 Å². The molecule has 0 heterocycles. The third-order valence-corrected chi connectivity index (χ3v) is 3.45. The molecule has 90 valence electrons. The molecular formula is C12H19BrN2O. The Kier molecular flexibility index (Phi) is 5.98. The van der Waals surface area contributed by atoms with E-state index in [4.69, 9.17) is 10.6 Å². The molecule has 0 radical (unpaired) electrons. The fourth-order valence-electron chi connectivity index (χ4n) is 1.64. The van der Waals surface area contributed by atoms with Gasteiger partial charge in [-0.05, 0) is 31.4 Å². The van der Waals surface area contributed by atoms with Gasteiger partial charge in [-0.2, -0.15) is 0 Å². The summed E-state index contributed by atoms with van der Waals surface area (Å²) in [6, 6.07) is 8.42. The van der Waals surface area contributed by atoms with E-state index in [1.54, 1.807) is 7.11 Å². The van der Waals surface area contributed by atoms with Crippen LogP contribution in [0.15, 0.2) is 28.7 Å². The Bertz CT molecular complexity index is 320. The van der Waals surface area contributed by atoms with E-state index in [-0.39, 0.29) is 12.1 Å². The minimum atomic E-state index is 0.212. The molecule has 0 aromatic heterocycles. The maximum Gasteiger partial charge on any atom is 0.0558 e. The number of hydrogen-bond donors (Lipinski definition) is 2. The molecule has 3 nitrogen and oxygen atoms in total. The molecular weight excluding hydrogens is 268 g/mol. The van der Waals surface area contributed by atoms with Crippen molar-refractivity contribution in [3.8, 4) is 0 Å². The maximum absolute atomic E-state index is 5.55. The zero-order valence-electron chi connectivity index (χ0n) is 9.74. The number of hydrogen-bond acceptors (Lipinski definition) is 3. The van der Waals surface area contributed by atoms with Gasteiger partial charge in [0.1, 0.15) is 0 Å². The molecule has 16 heavy (non-hydrogen) atoms. The van der Waals surface area contributed by atoms with E-state index in [0.29, 0.717) is 0 Å². The molecule has 0 aliphatic heterocycles. The van der Waals surface area contributed by atoms with Gasteiger partial charge >= 0.3 is 0 Å². The number of benzene rings is 1.